The van der Waals surface area contributed by atoms with Crippen LogP contribution in [0.1, 0.15) is 26.6 Å². The summed E-state index contributed by atoms with van der Waals surface area (Å²) < 4.78 is 7.96. The summed E-state index contributed by atoms with van der Waals surface area (Å²) >= 11 is 3.40. The molecular formula is C26H16BrN3O4. The van der Waals surface area contributed by atoms with Gasteiger partial charge in [-0.3, -0.25) is 14.4 Å². The predicted octanol–water partition coefficient (Wildman–Crippen LogP) is 5.43. The summed E-state index contributed by atoms with van der Waals surface area (Å²) in [5.41, 5.74) is 1.32. The van der Waals surface area contributed by atoms with Crippen LogP contribution in [0.3, 0.4) is 0 Å². The normalized spacial score (nSPS) is 10.9. The molecule has 0 spiro atoms. The molecule has 5 aromatic rings. The highest BCUT2D eigenvalue weighted by Crippen LogP contribution is 2.26. The van der Waals surface area contributed by atoms with Crippen molar-refractivity contribution >= 4 is 50.1 Å². The van der Waals surface area contributed by atoms with Gasteiger partial charge in [0.15, 0.2) is 5.76 Å². The summed E-state index contributed by atoms with van der Waals surface area (Å²) in [7, 11) is 0. The van der Waals surface area contributed by atoms with E-state index in [0.29, 0.717) is 17.0 Å². The molecule has 8 heteroatoms. The molecule has 0 bridgehead atoms. The van der Waals surface area contributed by atoms with E-state index in [0.717, 1.165) is 9.86 Å². The average molecular weight is 514 g/mol. The van der Waals surface area contributed by atoms with Crippen molar-refractivity contribution in [2.24, 2.45) is 0 Å². The predicted molar refractivity (Wildman–Crippen MR) is 130 cm³/mol. The summed E-state index contributed by atoms with van der Waals surface area (Å²) in [6.45, 7) is 0. The minimum atomic E-state index is -0.930. The summed E-state index contributed by atoms with van der Waals surface area (Å²) in [6.07, 6.45) is 1.43. The monoisotopic (exact) mass is 513 g/mol. The highest BCUT2D eigenvalue weighted by Gasteiger charge is 2.29. The molecule has 1 amide bonds. The highest BCUT2D eigenvalue weighted by molar-refractivity contribution is 9.10. The zero-order valence-electron chi connectivity index (χ0n) is 17.6. The van der Waals surface area contributed by atoms with Gasteiger partial charge in [0.05, 0.1) is 11.3 Å². The molecule has 0 unspecified atom stereocenters. The van der Waals surface area contributed by atoms with E-state index in [2.05, 4.69) is 26.3 Å². The molecule has 0 saturated carbocycles. The van der Waals surface area contributed by atoms with Gasteiger partial charge in [-0.1, -0.05) is 52.3 Å². The van der Waals surface area contributed by atoms with E-state index < -0.39 is 17.5 Å². The molecule has 166 valence electrons. The number of rotatable bonds is 6. The van der Waals surface area contributed by atoms with Crippen LogP contribution in [0.5, 0.6) is 0 Å². The lowest BCUT2D eigenvalue weighted by Gasteiger charge is -2.03. The summed E-state index contributed by atoms with van der Waals surface area (Å²) in [4.78, 5) is 39.2. The standard InChI is InChI=1S/C26H16BrN3O4/c27-17-11-12-21-16(13-17)14-22(34-21)24(31)20-15-30(19-9-5-2-6-10-19)29-23(20)25(32)26(33)28-18-7-3-1-4-8-18/h1-15H,(H,28,33). The summed E-state index contributed by atoms with van der Waals surface area (Å²) in [5.74, 6) is -2.34. The van der Waals surface area contributed by atoms with E-state index >= 15 is 0 Å². The molecule has 1 N–H and O–H groups in total. The Morgan fingerprint density at radius 1 is 0.882 bits per heavy atom. The quantitative estimate of drug-likeness (QED) is 0.241. The number of para-hydroxylation sites is 2. The smallest absolute Gasteiger partial charge is 0.298 e. The first kappa shape index (κ1) is 21.5. The number of fused-ring (bicyclic) bond motifs is 1. The second-order valence-electron chi connectivity index (χ2n) is 7.44. The molecule has 2 heterocycles. The Hall–Kier alpha value is -4.30. The number of nitrogens with zero attached hydrogens (tertiary/aromatic N) is 2. The van der Waals surface area contributed by atoms with Crippen LogP contribution in [0.15, 0.2) is 100 Å². The summed E-state index contributed by atoms with van der Waals surface area (Å²) in [5, 5.41) is 7.56. The van der Waals surface area contributed by atoms with E-state index in [1.165, 1.54) is 10.9 Å². The first-order valence-corrected chi connectivity index (χ1v) is 11.1. The van der Waals surface area contributed by atoms with E-state index in [1.54, 1.807) is 72.8 Å². The maximum atomic E-state index is 13.4. The third-order valence-corrected chi connectivity index (χ3v) is 5.63. The Labute approximate surface area is 202 Å². The average Bonchev–Trinajstić information content (AvgIpc) is 3.49. The molecule has 0 aliphatic rings. The van der Waals surface area contributed by atoms with Crippen molar-refractivity contribution in [2.75, 3.05) is 5.32 Å². The number of anilines is 1. The Morgan fingerprint density at radius 2 is 1.59 bits per heavy atom. The molecule has 3 aromatic carbocycles. The van der Waals surface area contributed by atoms with E-state index in [4.69, 9.17) is 4.42 Å². The lowest BCUT2D eigenvalue weighted by molar-refractivity contribution is -0.112. The zero-order valence-corrected chi connectivity index (χ0v) is 19.2. The molecule has 7 nitrogen and oxygen atoms in total. The first-order valence-electron chi connectivity index (χ1n) is 10.3. The van der Waals surface area contributed by atoms with Gasteiger partial charge < -0.3 is 9.73 Å². The van der Waals surface area contributed by atoms with E-state index in [-0.39, 0.29) is 17.0 Å². The number of Topliss-reactive ketones (excluding diaryl/α,β-unsaturated/α-hetero) is 1. The molecule has 5 rings (SSSR count). The van der Waals surface area contributed by atoms with Crippen LogP contribution in [-0.4, -0.2) is 27.3 Å². The minimum absolute atomic E-state index is 0.0322. The van der Waals surface area contributed by atoms with E-state index in [9.17, 15) is 14.4 Å². The van der Waals surface area contributed by atoms with Gasteiger partial charge in [-0.05, 0) is 48.5 Å². The molecule has 0 aliphatic heterocycles. The third-order valence-electron chi connectivity index (χ3n) is 5.13. The van der Waals surface area contributed by atoms with Crippen molar-refractivity contribution in [2.45, 2.75) is 0 Å². The molecule has 0 aliphatic carbocycles. The van der Waals surface area contributed by atoms with Crippen molar-refractivity contribution in [3.05, 3.63) is 113 Å². The number of nitrogens with one attached hydrogen (secondary N) is 1. The molecule has 34 heavy (non-hydrogen) atoms. The van der Waals surface area contributed by atoms with Crippen LogP contribution >= 0.6 is 15.9 Å². The van der Waals surface area contributed by atoms with Gasteiger partial charge in [0.25, 0.3) is 11.7 Å². The number of benzene rings is 3. The Kier molecular flexibility index (Phi) is 5.65. The molecular weight excluding hydrogens is 498 g/mol. The second kappa shape index (κ2) is 8.92. The fourth-order valence-corrected chi connectivity index (χ4v) is 3.88. The number of hydrogen-bond donors (Lipinski definition) is 1. The second-order valence-corrected chi connectivity index (χ2v) is 8.36. The van der Waals surface area contributed by atoms with Gasteiger partial charge >= 0.3 is 0 Å². The van der Waals surface area contributed by atoms with Crippen molar-refractivity contribution < 1.29 is 18.8 Å². The van der Waals surface area contributed by atoms with Crippen molar-refractivity contribution in [3.8, 4) is 5.69 Å². The van der Waals surface area contributed by atoms with Crippen LogP contribution in [0.25, 0.3) is 16.7 Å². The SMILES string of the molecule is O=C(Nc1ccccc1)C(=O)c1nn(-c2ccccc2)cc1C(=O)c1cc2cc(Br)ccc2o1. The van der Waals surface area contributed by atoms with Crippen LogP contribution < -0.4 is 5.32 Å². The maximum Gasteiger partial charge on any atom is 0.298 e. The number of carbonyl (C=O) groups is 3. The van der Waals surface area contributed by atoms with Crippen molar-refractivity contribution in [1.29, 1.82) is 0 Å². The molecule has 0 atom stereocenters. The Balaban J connectivity index is 1.55. The van der Waals surface area contributed by atoms with Crippen LogP contribution in [0.4, 0.5) is 5.69 Å². The third kappa shape index (κ3) is 4.18. The lowest BCUT2D eigenvalue weighted by atomic mass is 10.1. The number of carbonyl (C=O) groups excluding carboxylic acids is 3. The van der Waals surface area contributed by atoms with Gasteiger partial charge in [-0.2, -0.15) is 5.10 Å². The van der Waals surface area contributed by atoms with Crippen molar-refractivity contribution in [3.63, 3.8) is 0 Å². The minimum Gasteiger partial charge on any atom is -0.453 e. The van der Waals surface area contributed by atoms with Crippen molar-refractivity contribution in [1.82, 2.24) is 9.78 Å². The van der Waals surface area contributed by atoms with Gasteiger partial charge in [-0.25, -0.2) is 4.68 Å². The van der Waals surface area contributed by atoms with Gasteiger partial charge in [0, 0.05) is 21.7 Å². The Morgan fingerprint density at radius 3 is 2.32 bits per heavy atom. The number of aromatic nitrogens is 2. The van der Waals surface area contributed by atoms with Crippen LogP contribution in [-0.2, 0) is 4.79 Å². The number of hydrogen-bond acceptors (Lipinski definition) is 5. The number of halogens is 1. The first-order chi connectivity index (χ1) is 16.5. The van der Waals surface area contributed by atoms with Gasteiger partial charge in [0.1, 0.15) is 11.3 Å². The van der Waals surface area contributed by atoms with E-state index in [1.807, 2.05) is 12.1 Å². The fourth-order valence-electron chi connectivity index (χ4n) is 3.50. The number of furan rings is 1. The highest BCUT2D eigenvalue weighted by atomic mass is 79.9. The van der Waals surface area contributed by atoms with Crippen LogP contribution in [0, 0.1) is 0 Å². The molecule has 2 aromatic heterocycles. The summed E-state index contributed by atoms with van der Waals surface area (Å²) in [6, 6.07) is 24.5. The molecule has 0 saturated heterocycles. The van der Waals surface area contributed by atoms with Gasteiger partial charge in [0.2, 0.25) is 5.78 Å². The molecule has 0 fully saturated rings. The maximum absolute atomic E-state index is 13.4. The van der Waals surface area contributed by atoms with Gasteiger partial charge in [-0.15, -0.1) is 0 Å². The largest absolute Gasteiger partial charge is 0.453 e. The Bertz CT molecular complexity index is 1540. The number of ketones is 2. The zero-order chi connectivity index (χ0) is 23.7. The lowest BCUT2D eigenvalue weighted by Crippen LogP contribution is -2.25. The number of amides is 1. The van der Waals surface area contributed by atoms with Crippen LogP contribution in [0.2, 0.25) is 0 Å². The fraction of sp³-hybridized carbons (Fsp3) is 0. The molecule has 0 radical (unpaired) electrons. The topological polar surface area (TPSA) is 94.2 Å².